The highest BCUT2D eigenvalue weighted by molar-refractivity contribution is 8.01. The molecule has 0 bridgehead atoms. The molecule has 1 amide bonds. The predicted molar refractivity (Wildman–Crippen MR) is 162 cm³/mol. The number of amides is 1. The first-order valence-corrected chi connectivity index (χ1v) is 17.0. The first kappa shape index (κ1) is 34.3. The highest BCUT2D eigenvalue weighted by atomic mass is 35.5. The minimum Gasteiger partial charge on any atom is -0.454 e. The summed E-state index contributed by atoms with van der Waals surface area (Å²) in [6, 6.07) is 5.26. The van der Waals surface area contributed by atoms with E-state index >= 15 is 0 Å². The average Bonchev–Trinajstić information content (AvgIpc) is 3.54. The Balaban J connectivity index is 0.000000231. The predicted octanol–water partition coefficient (Wildman–Crippen LogP) is 5.40. The summed E-state index contributed by atoms with van der Waals surface area (Å²) in [7, 11) is 0.401. The lowest BCUT2D eigenvalue weighted by Gasteiger charge is -2.40. The molecule has 1 aromatic carbocycles. The van der Waals surface area contributed by atoms with Crippen molar-refractivity contribution in [1.82, 2.24) is 4.90 Å². The van der Waals surface area contributed by atoms with E-state index in [2.05, 4.69) is 23.3 Å². The normalized spacial score (nSPS) is 22.7. The highest BCUT2D eigenvalue weighted by Crippen LogP contribution is 2.52. The molecule has 0 radical (unpaired) electrons. The molecule has 0 aliphatic carbocycles. The molecule has 5 atom stereocenters. The maximum atomic E-state index is 12.3. The molecule has 42 heavy (non-hydrogen) atoms. The van der Waals surface area contributed by atoms with E-state index in [0.29, 0.717) is 6.79 Å². The van der Waals surface area contributed by atoms with Crippen LogP contribution in [-0.4, -0.2) is 80.4 Å². The smallest absolute Gasteiger partial charge is 0.454 e. The van der Waals surface area contributed by atoms with E-state index in [1.165, 1.54) is 54.3 Å². The third kappa shape index (κ3) is 8.92. The third-order valence-electron chi connectivity index (χ3n) is 7.25. The van der Waals surface area contributed by atoms with Gasteiger partial charge in [0.05, 0.1) is 7.11 Å². The number of alkyl halides is 1. The van der Waals surface area contributed by atoms with Crippen LogP contribution in [0.25, 0.3) is 0 Å². The zero-order valence-electron chi connectivity index (χ0n) is 24.9. The van der Waals surface area contributed by atoms with Crippen LogP contribution in [0.4, 0.5) is 4.79 Å². The van der Waals surface area contributed by atoms with Gasteiger partial charge in [-0.05, 0) is 44.4 Å². The second-order valence-corrected chi connectivity index (χ2v) is 15.1. The largest absolute Gasteiger partial charge is 0.510 e. The second kappa shape index (κ2) is 16.0. The molecule has 0 aromatic heterocycles. The number of carbonyl (C=O) groups excluding carboxylic acids is 3. The van der Waals surface area contributed by atoms with Crippen LogP contribution in [-0.2, 0) is 41.0 Å². The summed E-state index contributed by atoms with van der Waals surface area (Å²) in [5.74, 6) is 1.53. The van der Waals surface area contributed by atoms with E-state index in [-0.39, 0.29) is 16.5 Å². The topological polar surface area (TPSA) is 118 Å². The molecule has 2 unspecified atom stereocenters. The quantitative estimate of drug-likeness (QED) is 0.0906. The molecule has 0 saturated carbocycles. The number of esters is 1. The Hall–Kier alpha value is -2.18. The summed E-state index contributed by atoms with van der Waals surface area (Å²) < 4.78 is 36.1. The number of hydrogen-bond donors (Lipinski definition) is 0. The highest BCUT2D eigenvalue weighted by Gasteiger charge is 2.63. The van der Waals surface area contributed by atoms with Crippen molar-refractivity contribution < 1.29 is 42.3 Å². The van der Waals surface area contributed by atoms with Crippen LogP contribution in [0.15, 0.2) is 18.2 Å². The lowest BCUT2D eigenvalue weighted by Crippen LogP contribution is -2.63. The summed E-state index contributed by atoms with van der Waals surface area (Å²) in [6.45, 7) is 7.72. The van der Waals surface area contributed by atoms with Crippen molar-refractivity contribution in [2.45, 2.75) is 99.4 Å². The van der Waals surface area contributed by atoms with Crippen LogP contribution < -0.4 is 9.47 Å². The standard InChI is InChI=1S/C18H28O3S.C11H14ClNO6S/c1-3-4-5-6-7-8-11-22(19)15(2)12-16-9-10-17-18(13-16)21-14-20-17;1-11(2)6(9(15)18-4-19-10(16)17-3)13-7(14)5(12)8(13)20-11/h9-10,13,15H,3-8,11-12,14H2,1-2H3;5-6,8H,4H2,1-3H3/t;5-,6+,8-/m.1/s1. The first-order chi connectivity index (χ1) is 20.0. The Morgan fingerprint density at radius 3 is 2.55 bits per heavy atom. The number of benzene rings is 1. The van der Waals surface area contributed by atoms with E-state index < -0.39 is 45.9 Å². The van der Waals surface area contributed by atoms with E-state index in [1.54, 1.807) is 0 Å². The van der Waals surface area contributed by atoms with Gasteiger partial charge in [0, 0.05) is 26.5 Å². The van der Waals surface area contributed by atoms with Crippen molar-refractivity contribution in [2.75, 3.05) is 26.4 Å². The molecular weight excluding hydrogens is 606 g/mol. The Morgan fingerprint density at radius 2 is 1.83 bits per heavy atom. The number of β-lactam (4-membered cyclic amide) rings is 1. The van der Waals surface area contributed by atoms with E-state index in [1.807, 2.05) is 32.0 Å². The fraction of sp³-hybridized carbons (Fsp3) is 0.690. The van der Waals surface area contributed by atoms with Gasteiger partial charge in [0.25, 0.3) is 0 Å². The number of hydrogen-bond acceptors (Lipinski definition) is 10. The molecule has 0 N–H and O–H groups in total. The first-order valence-electron chi connectivity index (χ1n) is 14.3. The molecular formula is C29H42ClNO9S2. The van der Waals surface area contributed by atoms with Crippen LogP contribution in [0.5, 0.6) is 11.5 Å². The molecule has 0 spiro atoms. The van der Waals surface area contributed by atoms with Gasteiger partial charge in [-0.15, -0.1) is 23.4 Å². The van der Waals surface area contributed by atoms with Gasteiger partial charge in [0.15, 0.2) is 11.5 Å². The molecule has 13 heteroatoms. The summed E-state index contributed by atoms with van der Waals surface area (Å²) in [5, 5.41) is -0.641. The Kier molecular flexibility index (Phi) is 13.1. The monoisotopic (exact) mass is 647 g/mol. The van der Waals surface area contributed by atoms with Gasteiger partial charge in [0.2, 0.25) is 19.5 Å². The van der Waals surface area contributed by atoms with Gasteiger partial charge in [-0.25, -0.2) is 9.59 Å². The van der Waals surface area contributed by atoms with E-state index in [9.17, 15) is 18.6 Å². The molecule has 1 aromatic rings. The van der Waals surface area contributed by atoms with Crippen molar-refractivity contribution in [1.29, 1.82) is 0 Å². The number of thioether (sulfide) groups is 1. The van der Waals surface area contributed by atoms with Crippen LogP contribution in [0, 0.1) is 0 Å². The van der Waals surface area contributed by atoms with Gasteiger partial charge in [-0.3, -0.25) is 9.00 Å². The average molecular weight is 648 g/mol. The second-order valence-electron chi connectivity index (χ2n) is 10.9. The number of nitrogens with zero attached hydrogens (tertiary/aromatic N) is 1. The van der Waals surface area contributed by atoms with Crippen LogP contribution in [0.2, 0.25) is 0 Å². The molecule has 3 aliphatic rings. The zero-order chi connectivity index (χ0) is 30.9. The molecule has 236 valence electrons. The number of rotatable bonds is 13. The molecule has 2 fully saturated rings. The van der Waals surface area contributed by atoms with Crippen molar-refractivity contribution in [3.05, 3.63) is 23.8 Å². The Bertz CT molecular complexity index is 1120. The Morgan fingerprint density at radius 1 is 1.14 bits per heavy atom. The number of halogens is 1. The van der Waals surface area contributed by atoms with Crippen molar-refractivity contribution in [3.8, 4) is 11.5 Å². The van der Waals surface area contributed by atoms with Gasteiger partial charge >= 0.3 is 12.1 Å². The van der Waals surface area contributed by atoms with Crippen molar-refractivity contribution in [2.24, 2.45) is 0 Å². The lowest BCUT2D eigenvalue weighted by molar-refractivity contribution is -0.167. The molecule has 10 nitrogen and oxygen atoms in total. The van der Waals surface area contributed by atoms with E-state index in [0.717, 1.165) is 37.2 Å². The summed E-state index contributed by atoms with van der Waals surface area (Å²) >= 11 is 7.36. The summed E-state index contributed by atoms with van der Waals surface area (Å²) in [4.78, 5) is 36.0. The van der Waals surface area contributed by atoms with E-state index in [4.69, 9.17) is 25.8 Å². The van der Waals surface area contributed by atoms with Crippen LogP contribution in [0.3, 0.4) is 0 Å². The number of methoxy groups -OCH3 is 1. The number of carbonyl (C=O) groups is 3. The summed E-state index contributed by atoms with van der Waals surface area (Å²) in [6.07, 6.45) is 7.37. The van der Waals surface area contributed by atoms with Gasteiger partial charge in [0.1, 0.15) is 16.8 Å². The molecule has 2 saturated heterocycles. The van der Waals surface area contributed by atoms with Crippen molar-refractivity contribution >= 4 is 52.2 Å². The number of fused-ring (bicyclic) bond motifs is 2. The molecule has 3 heterocycles. The zero-order valence-corrected chi connectivity index (χ0v) is 27.3. The van der Waals surface area contributed by atoms with Gasteiger partial charge in [-0.1, -0.05) is 52.0 Å². The molecule has 4 rings (SSSR count). The maximum Gasteiger partial charge on any atom is 0.510 e. The SMILES string of the molecule is CCCCCCCCS(=O)C(C)Cc1ccc2c(c1)OCO2.COC(=O)OCOC(=O)[C@@H]1N2C(=O)[C@@H](Cl)[C@H]2SC1(C)C. The maximum absolute atomic E-state index is 12.3. The summed E-state index contributed by atoms with van der Waals surface area (Å²) in [5.41, 5.74) is 1.17. The van der Waals surface area contributed by atoms with Gasteiger partial charge in [-0.2, -0.15) is 0 Å². The lowest BCUT2D eigenvalue weighted by atomic mass is 9.98. The van der Waals surface area contributed by atoms with Crippen LogP contribution >= 0.6 is 23.4 Å². The van der Waals surface area contributed by atoms with Crippen molar-refractivity contribution in [3.63, 3.8) is 0 Å². The number of ether oxygens (including phenoxy) is 5. The number of unbranched alkanes of at least 4 members (excludes halogenated alkanes) is 5. The fourth-order valence-corrected chi connectivity index (χ4v) is 8.13. The van der Waals surface area contributed by atoms with Gasteiger partial charge < -0.3 is 28.6 Å². The minimum atomic E-state index is -0.948. The fourth-order valence-electron chi connectivity index (χ4n) is 4.94. The molecule has 3 aliphatic heterocycles. The van der Waals surface area contributed by atoms with Crippen LogP contribution in [0.1, 0.15) is 71.8 Å². The minimum absolute atomic E-state index is 0.191. The Labute approximate surface area is 259 Å². The third-order valence-corrected chi connectivity index (χ3v) is 11.2.